The fraction of sp³-hybridized carbons (Fsp3) is 0.800. The highest BCUT2D eigenvalue weighted by Gasteiger charge is 1.95. The molecule has 0 aromatic carbocycles. The van der Waals surface area contributed by atoms with E-state index in [0.29, 0.717) is 0 Å². The largest absolute Gasteiger partial charge is 1.00 e. The molecule has 1 saturated carbocycles. The van der Waals surface area contributed by atoms with Gasteiger partial charge in [-0.1, -0.05) is 25.7 Å². The lowest BCUT2D eigenvalue weighted by atomic mass is 10.4. The summed E-state index contributed by atoms with van der Waals surface area (Å²) in [7, 11) is 0. The minimum atomic E-state index is 0. The summed E-state index contributed by atoms with van der Waals surface area (Å²) in [4.78, 5) is 0. The van der Waals surface area contributed by atoms with E-state index in [1.165, 1.54) is 25.7 Å². The van der Waals surface area contributed by atoms with Gasteiger partial charge in [0.25, 0.3) is 0 Å². The Hall–Kier alpha value is 0. The van der Waals surface area contributed by atoms with Crippen LogP contribution in [-0.2, 0) is 0 Å². The Labute approximate surface area is 34.7 Å². The monoisotopic (exact) mass is 70.1 g/mol. The number of hydrogen-bond donors (Lipinski definition) is 0. The summed E-state index contributed by atoms with van der Waals surface area (Å²) in [6.45, 7) is 0. The highest BCUT2D eigenvalue weighted by molar-refractivity contribution is 4.71. The van der Waals surface area contributed by atoms with Crippen molar-refractivity contribution >= 4 is 0 Å². The maximum Gasteiger partial charge on any atom is 1.00 e. The third-order valence-corrected chi connectivity index (χ3v) is 1.07. The molecule has 0 heterocycles. The first-order valence-electron chi connectivity index (χ1n) is 2.32. The Morgan fingerprint density at radius 1 is 1.20 bits per heavy atom. The van der Waals surface area contributed by atoms with Gasteiger partial charge in [-0.15, -0.1) is 0 Å². The standard InChI is InChI=1S/C5H9/c1-2-4-5-3-1/h1H,2-5H2/p+1. The zero-order valence-corrected chi connectivity index (χ0v) is 3.41. The minimum absolute atomic E-state index is 0. The van der Waals surface area contributed by atoms with Crippen molar-refractivity contribution in [3.05, 3.63) is 6.42 Å². The molecule has 29 valence electrons. The van der Waals surface area contributed by atoms with Gasteiger partial charge in [-0.2, -0.15) is 0 Å². The van der Waals surface area contributed by atoms with Crippen LogP contribution in [0.15, 0.2) is 0 Å². The van der Waals surface area contributed by atoms with E-state index in [1.807, 2.05) is 0 Å². The highest BCUT2D eigenvalue weighted by atomic mass is 14.0. The molecule has 0 spiro atoms. The minimum Gasteiger partial charge on any atom is -0.0530 e. The summed E-state index contributed by atoms with van der Waals surface area (Å²) in [5.74, 6) is 0. The Bertz CT molecular complexity index is 15.5. The summed E-state index contributed by atoms with van der Waals surface area (Å²) in [6, 6.07) is 0. The van der Waals surface area contributed by atoms with E-state index in [4.69, 9.17) is 0 Å². The molecular formula is C5H10+. The van der Waals surface area contributed by atoms with Crippen molar-refractivity contribution in [2.24, 2.45) is 0 Å². The summed E-state index contributed by atoms with van der Waals surface area (Å²) in [5.41, 5.74) is 0. The maximum absolute atomic E-state index is 2.36. The van der Waals surface area contributed by atoms with Crippen LogP contribution in [0, 0.1) is 6.42 Å². The molecule has 0 nitrogen and oxygen atoms in total. The van der Waals surface area contributed by atoms with E-state index in [-0.39, 0.29) is 1.43 Å². The van der Waals surface area contributed by atoms with Crippen LogP contribution in [0.3, 0.4) is 0 Å². The molecule has 0 aromatic rings. The molecule has 0 unspecified atom stereocenters. The Morgan fingerprint density at radius 3 is 2.00 bits per heavy atom. The van der Waals surface area contributed by atoms with Crippen LogP contribution < -0.4 is 0 Å². The second-order valence-corrected chi connectivity index (χ2v) is 1.57. The molecule has 1 radical (unpaired) electrons. The van der Waals surface area contributed by atoms with Gasteiger partial charge in [0.15, 0.2) is 0 Å². The van der Waals surface area contributed by atoms with Gasteiger partial charge in [0.2, 0.25) is 0 Å². The molecule has 0 aromatic heterocycles. The van der Waals surface area contributed by atoms with Gasteiger partial charge in [0, 0.05) is 0 Å². The number of hydrogen-bond acceptors (Lipinski definition) is 0. The lowest BCUT2D eigenvalue weighted by Gasteiger charge is -1.67. The fourth-order valence-electron chi connectivity index (χ4n) is 0.722. The predicted octanol–water partition coefficient (Wildman–Crippen LogP) is 1.88. The summed E-state index contributed by atoms with van der Waals surface area (Å²) in [6.07, 6.45) is 8.00. The van der Waals surface area contributed by atoms with Crippen LogP contribution in [0.2, 0.25) is 0 Å². The Morgan fingerprint density at radius 2 is 1.80 bits per heavy atom. The normalized spacial score (nSPS) is 24.0. The number of rotatable bonds is 0. The SMILES string of the molecule is [CH]1CCCC1.[H+]. The van der Waals surface area contributed by atoms with Crippen molar-refractivity contribution in [2.75, 3.05) is 0 Å². The second-order valence-electron chi connectivity index (χ2n) is 1.57. The van der Waals surface area contributed by atoms with Gasteiger partial charge >= 0.3 is 1.43 Å². The lowest BCUT2D eigenvalue weighted by Crippen LogP contribution is -1.50. The topological polar surface area (TPSA) is 0 Å². The summed E-state index contributed by atoms with van der Waals surface area (Å²) >= 11 is 0. The van der Waals surface area contributed by atoms with Gasteiger partial charge < -0.3 is 0 Å². The van der Waals surface area contributed by atoms with Gasteiger partial charge in [-0.25, -0.2) is 0 Å². The van der Waals surface area contributed by atoms with Crippen molar-refractivity contribution in [3.63, 3.8) is 0 Å². The van der Waals surface area contributed by atoms with E-state index in [2.05, 4.69) is 6.42 Å². The van der Waals surface area contributed by atoms with Crippen LogP contribution in [0.25, 0.3) is 0 Å². The molecule has 0 heteroatoms. The summed E-state index contributed by atoms with van der Waals surface area (Å²) < 4.78 is 0. The van der Waals surface area contributed by atoms with Gasteiger partial charge in [0.05, 0.1) is 0 Å². The van der Waals surface area contributed by atoms with Crippen molar-refractivity contribution < 1.29 is 1.43 Å². The lowest BCUT2D eigenvalue weighted by molar-refractivity contribution is 0.886. The van der Waals surface area contributed by atoms with Crippen LogP contribution in [0.1, 0.15) is 27.1 Å². The van der Waals surface area contributed by atoms with E-state index < -0.39 is 0 Å². The molecule has 0 saturated heterocycles. The first-order valence-corrected chi connectivity index (χ1v) is 2.32. The quantitative estimate of drug-likeness (QED) is 0.408. The first-order chi connectivity index (χ1) is 2.50. The molecule has 1 aliphatic carbocycles. The van der Waals surface area contributed by atoms with Crippen LogP contribution in [-0.4, -0.2) is 0 Å². The van der Waals surface area contributed by atoms with Crippen molar-refractivity contribution in [2.45, 2.75) is 25.7 Å². The van der Waals surface area contributed by atoms with E-state index in [9.17, 15) is 0 Å². The molecule has 5 heavy (non-hydrogen) atoms. The van der Waals surface area contributed by atoms with Crippen LogP contribution in [0.4, 0.5) is 0 Å². The van der Waals surface area contributed by atoms with Crippen LogP contribution >= 0.6 is 0 Å². The van der Waals surface area contributed by atoms with Gasteiger partial charge in [0.1, 0.15) is 0 Å². The Kier molecular flexibility index (Phi) is 0.922. The average Bonchev–Trinajstić information content (AvgIpc) is 1.76. The third kappa shape index (κ3) is 0.640. The zero-order valence-electron chi connectivity index (χ0n) is 4.41. The maximum atomic E-state index is 2.36. The molecule has 0 aliphatic heterocycles. The van der Waals surface area contributed by atoms with Gasteiger partial charge in [-0.05, 0) is 6.42 Å². The molecule has 1 rings (SSSR count). The highest BCUT2D eigenvalue weighted by Crippen LogP contribution is 2.13. The zero-order chi connectivity index (χ0) is 3.54. The molecule has 1 aliphatic rings. The van der Waals surface area contributed by atoms with Crippen molar-refractivity contribution in [1.82, 2.24) is 0 Å². The smallest absolute Gasteiger partial charge is 0.0530 e. The van der Waals surface area contributed by atoms with Crippen LogP contribution in [0.5, 0.6) is 0 Å². The molecule has 0 atom stereocenters. The fourth-order valence-corrected chi connectivity index (χ4v) is 0.722. The van der Waals surface area contributed by atoms with Gasteiger partial charge in [-0.3, -0.25) is 0 Å². The predicted molar refractivity (Wildman–Crippen MR) is 23.9 cm³/mol. The molecule has 1 fully saturated rings. The summed E-state index contributed by atoms with van der Waals surface area (Å²) in [5, 5.41) is 0. The van der Waals surface area contributed by atoms with E-state index in [1.54, 1.807) is 0 Å². The third-order valence-electron chi connectivity index (χ3n) is 1.07. The molecule has 0 amide bonds. The average molecular weight is 70.1 g/mol. The molecule has 0 bridgehead atoms. The van der Waals surface area contributed by atoms with E-state index >= 15 is 0 Å². The van der Waals surface area contributed by atoms with Crippen molar-refractivity contribution in [3.8, 4) is 0 Å². The van der Waals surface area contributed by atoms with Crippen molar-refractivity contribution in [1.29, 1.82) is 0 Å². The second kappa shape index (κ2) is 1.44. The van der Waals surface area contributed by atoms with E-state index in [0.717, 1.165) is 0 Å². The Balaban J connectivity index is 0.000000250. The first kappa shape index (κ1) is 3.20. The molecule has 0 N–H and O–H groups in total. The molecular weight excluding hydrogens is 60.1 g/mol.